The second-order valence-corrected chi connectivity index (χ2v) is 9.31. The van der Waals surface area contributed by atoms with Crippen LogP contribution in [-0.2, 0) is 19.1 Å². The third-order valence-electron chi connectivity index (χ3n) is 6.85. The van der Waals surface area contributed by atoms with Crippen LogP contribution in [0, 0.1) is 5.92 Å². The van der Waals surface area contributed by atoms with E-state index < -0.39 is 24.1 Å². The maximum Gasteiger partial charge on any atom is 0.326 e. The minimum atomic E-state index is -0.971. The molecule has 0 aromatic rings. The number of carbonyl (C=O) groups excluding carboxylic acids is 2. The SMILES string of the molecule is CCOC(=O)C(CCCCC1CCNCC1)N[C@@H](CCCCN)C(=O)N1CCC[C@H]1C(=O)O. The number of ether oxygens (including phenoxy) is 1. The number of nitrogens with one attached hydrogen (secondary N) is 2. The second kappa shape index (κ2) is 15.2. The Hall–Kier alpha value is -1.71. The molecule has 0 spiro atoms. The molecule has 2 aliphatic rings. The number of unbranched alkanes of at least 4 members (excludes halogenated alkanes) is 2. The summed E-state index contributed by atoms with van der Waals surface area (Å²) < 4.78 is 5.29. The van der Waals surface area contributed by atoms with E-state index in [1.54, 1.807) is 6.92 Å². The first-order valence-corrected chi connectivity index (χ1v) is 12.8. The van der Waals surface area contributed by atoms with Gasteiger partial charge in [0.05, 0.1) is 12.6 Å². The largest absolute Gasteiger partial charge is 0.480 e. The van der Waals surface area contributed by atoms with Crippen molar-refractivity contribution in [2.75, 3.05) is 32.8 Å². The average Bonchev–Trinajstić information content (AvgIpc) is 3.31. The van der Waals surface area contributed by atoms with Gasteiger partial charge in [0.15, 0.2) is 0 Å². The van der Waals surface area contributed by atoms with Crippen molar-refractivity contribution in [3.8, 4) is 0 Å². The molecule has 0 radical (unpaired) electrons. The summed E-state index contributed by atoms with van der Waals surface area (Å²) in [4.78, 5) is 39.1. The number of likely N-dealkylation sites (tertiary alicyclic amines) is 1. The zero-order valence-corrected chi connectivity index (χ0v) is 20.2. The van der Waals surface area contributed by atoms with Crippen LogP contribution in [0.25, 0.3) is 0 Å². The minimum Gasteiger partial charge on any atom is -0.480 e. The number of amides is 1. The fourth-order valence-electron chi connectivity index (χ4n) is 4.97. The van der Waals surface area contributed by atoms with Crippen LogP contribution in [0.15, 0.2) is 0 Å². The molecule has 9 nitrogen and oxygen atoms in total. The summed E-state index contributed by atoms with van der Waals surface area (Å²) in [5.41, 5.74) is 5.63. The molecule has 0 bridgehead atoms. The molecule has 1 amide bonds. The van der Waals surface area contributed by atoms with E-state index in [1.165, 1.54) is 17.7 Å². The third-order valence-corrected chi connectivity index (χ3v) is 6.85. The summed E-state index contributed by atoms with van der Waals surface area (Å²) in [7, 11) is 0. The van der Waals surface area contributed by atoms with Crippen LogP contribution < -0.4 is 16.4 Å². The Labute approximate surface area is 198 Å². The molecule has 0 saturated carbocycles. The molecule has 3 atom stereocenters. The Kier molecular flexibility index (Phi) is 12.7. The summed E-state index contributed by atoms with van der Waals surface area (Å²) in [5.74, 6) is -0.802. The van der Waals surface area contributed by atoms with Crippen LogP contribution in [0.4, 0.5) is 0 Å². The van der Waals surface area contributed by atoms with Crippen LogP contribution >= 0.6 is 0 Å². The van der Waals surface area contributed by atoms with Crippen molar-refractivity contribution in [3.05, 3.63) is 0 Å². The molecule has 2 aliphatic heterocycles. The molecule has 9 heteroatoms. The number of carboxylic acid groups (broad SMARTS) is 1. The predicted molar refractivity (Wildman–Crippen MR) is 127 cm³/mol. The number of nitrogens with zero attached hydrogens (tertiary/aromatic N) is 1. The highest BCUT2D eigenvalue weighted by molar-refractivity contribution is 5.88. The molecule has 0 aliphatic carbocycles. The lowest BCUT2D eigenvalue weighted by Crippen LogP contribution is -2.54. The highest BCUT2D eigenvalue weighted by Gasteiger charge is 2.38. The lowest BCUT2D eigenvalue weighted by molar-refractivity contribution is -0.150. The Morgan fingerprint density at radius 3 is 2.45 bits per heavy atom. The van der Waals surface area contributed by atoms with Crippen molar-refractivity contribution >= 4 is 17.8 Å². The van der Waals surface area contributed by atoms with Gasteiger partial charge in [-0.2, -0.15) is 0 Å². The van der Waals surface area contributed by atoms with Crippen molar-refractivity contribution in [2.24, 2.45) is 11.7 Å². The van der Waals surface area contributed by atoms with Crippen molar-refractivity contribution in [3.63, 3.8) is 0 Å². The number of hydrogen-bond acceptors (Lipinski definition) is 7. The van der Waals surface area contributed by atoms with Crippen molar-refractivity contribution in [1.29, 1.82) is 0 Å². The monoisotopic (exact) mass is 468 g/mol. The van der Waals surface area contributed by atoms with E-state index in [9.17, 15) is 19.5 Å². The summed E-state index contributed by atoms with van der Waals surface area (Å²) >= 11 is 0. The third kappa shape index (κ3) is 9.22. The number of esters is 1. The lowest BCUT2D eigenvalue weighted by Gasteiger charge is -2.30. The van der Waals surface area contributed by atoms with Crippen LogP contribution in [0.3, 0.4) is 0 Å². The highest BCUT2D eigenvalue weighted by Crippen LogP contribution is 2.22. The molecule has 33 heavy (non-hydrogen) atoms. The Morgan fingerprint density at radius 1 is 1.09 bits per heavy atom. The second-order valence-electron chi connectivity index (χ2n) is 9.31. The molecule has 5 N–H and O–H groups in total. The topological polar surface area (TPSA) is 134 Å². The van der Waals surface area contributed by atoms with Crippen LogP contribution in [0.5, 0.6) is 0 Å². The standard InChI is InChI=1S/C24H44N4O5/c1-2-33-24(32)20(10-4-3-8-18-12-15-26-16-13-18)27-19(9-5-6-14-25)22(29)28-17-7-11-21(28)23(30)31/h18-21,26-27H,2-17,25H2,1H3,(H,30,31)/t19-,20?,21-/m0/s1. The number of piperidine rings is 1. The van der Waals surface area contributed by atoms with E-state index in [-0.39, 0.29) is 18.5 Å². The molecule has 2 rings (SSSR count). The predicted octanol–water partition coefficient (Wildman–Crippen LogP) is 1.64. The molecule has 0 aromatic carbocycles. The van der Waals surface area contributed by atoms with Gasteiger partial charge in [-0.25, -0.2) is 4.79 Å². The van der Waals surface area contributed by atoms with Gasteiger partial charge in [-0.05, 0) is 77.4 Å². The van der Waals surface area contributed by atoms with E-state index in [0.29, 0.717) is 38.8 Å². The molecule has 1 unspecified atom stereocenters. The number of aliphatic carboxylic acids is 1. The van der Waals surface area contributed by atoms with Gasteiger partial charge in [0.1, 0.15) is 12.1 Å². The van der Waals surface area contributed by atoms with E-state index in [4.69, 9.17) is 10.5 Å². The highest BCUT2D eigenvalue weighted by atomic mass is 16.5. The number of carbonyl (C=O) groups is 3. The normalized spacial score (nSPS) is 21.0. The Bertz CT molecular complexity index is 612. The molecule has 2 fully saturated rings. The van der Waals surface area contributed by atoms with Crippen molar-refractivity contribution < 1.29 is 24.2 Å². The first-order valence-electron chi connectivity index (χ1n) is 12.8. The first kappa shape index (κ1) is 27.5. The number of carboxylic acids is 1. The fourth-order valence-corrected chi connectivity index (χ4v) is 4.97. The lowest BCUT2D eigenvalue weighted by atomic mass is 9.91. The van der Waals surface area contributed by atoms with Crippen LogP contribution in [-0.4, -0.2) is 78.8 Å². The Balaban J connectivity index is 1.99. The molecule has 0 aromatic heterocycles. The van der Waals surface area contributed by atoms with Crippen LogP contribution in [0.2, 0.25) is 0 Å². The van der Waals surface area contributed by atoms with Crippen molar-refractivity contribution in [2.45, 2.75) is 95.7 Å². The van der Waals surface area contributed by atoms with Crippen molar-refractivity contribution in [1.82, 2.24) is 15.5 Å². The van der Waals surface area contributed by atoms with Crippen LogP contribution in [0.1, 0.15) is 77.6 Å². The average molecular weight is 469 g/mol. The number of rotatable bonds is 15. The summed E-state index contributed by atoms with van der Waals surface area (Å²) in [6.07, 6.45) is 9.26. The number of nitrogens with two attached hydrogens (primary N) is 1. The Morgan fingerprint density at radius 2 is 1.79 bits per heavy atom. The van der Waals surface area contributed by atoms with E-state index in [1.807, 2.05) is 0 Å². The molecular formula is C24H44N4O5. The zero-order chi connectivity index (χ0) is 24.1. The minimum absolute atomic E-state index is 0.235. The molecule has 2 saturated heterocycles. The maximum absolute atomic E-state index is 13.3. The summed E-state index contributed by atoms with van der Waals surface area (Å²) in [6, 6.07) is -1.98. The maximum atomic E-state index is 13.3. The zero-order valence-electron chi connectivity index (χ0n) is 20.2. The van der Waals surface area contributed by atoms with E-state index in [2.05, 4.69) is 10.6 Å². The van der Waals surface area contributed by atoms with Gasteiger partial charge in [-0.15, -0.1) is 0 Å². The van der Waals surface area contributed by atoms with Gasteiger partial charge in [-0.1, -0.05) is 25.7 Å². The fraction of sp³-hybridized carbons (Fsp3) is 0.875. The van der Waals surface area contributed by atoms with E-state index in [0.717, 1.165) is 51.1 Å². The smallest absolute Gasteiger partial charge is 0.326 e. The summed E-state index contributed by atoms with van der Waals surface area (Å²) in [5, 5.41) is 16.2. The molecule has 190 valence electrons. The van der Waals surface area contributed by atoms with Gasteiger partial charge >= 0.3 is 11.9 Å². The van der Waals surface area contributed by atoms with E-state index >= 15 is 0 Å². The van der Waals surface area contributed by atoms with Gasteiger partial charge < -0.3 is 25.8 Å². The molecular weight excluding hydrogens is 424 g/mol. The summed E-state index contributed by atoms with van der Waals surface area (Å²) in [6.45, 7) is 5.19. The first-order chi connectivity index (χ1) is 16.0. The van der Waals surface area contributed by atoms with Gasteiger partial charge in [0.25, 0.3) is 0 Å². The van der Waals surface area contributed by atoms with Gasteiger partial charge in [0, 0.05) is 6.54 Å². The quantitative estimate of drug-likeness (QED) is 0.210. The van der Waals surface area contributed by atoms with Gasteiger partial charge in [-0.3, -0.25) is 14.9 Å². The van der Waals surface area contributed by atoms with Gasteiger partial charge in [0.2, 0.25) is 5.91 Å². The molecule has 2 heterocycles. The number of hydrogen-bond donors (Lipinski definition) is 4.